The minimum atomic E-state index is -0.638. The van der Waals surface area contributed by atoms with Crippen LogP contribution < -0.4 is 20.3 Å². The zero-order chi connectivity index (χ0) is 46.3. The molecule has 6 rings (SSSR count). The van der Waals surface area contributed by atoms with Crippen molar-refractivity contribution in [1.82, 2.24) is 25.5 Å². The van der Waals surface area contributed by atoms with Crippen molar-refractivity contribution in [3.8, 4) is 27.4 Å². The number of fused-ring (bicyclic) bond motifs is 1. The van der Waals surface area contributed by atoms with Crippen molar-refractivity contribution in [1.29, 1.82) is 0 Å². The molecule has 5 aromatic rings. The van der Waals surface area contributed by atoms with E-state index in [-0.39, 0.29) is 42.5 Å². The van der Waals surface area contributed by atoms with Gasteiger partial charge in [0, 0.05) is 49.9 Å². The Morgan fingerprint density at radius 3 is 2.12 bits per heavy atom. The first-order chi connectivity index (χ1) is 31.2. The summed E-state index contributed by atoms with van der Waals surface area (Å²) in [6, 6.07) is 25.5. The van der Waals surface area contributed by atoms with E-state index in [1.54, 1.807) is 11.3 Å². The van der Waals surface area contributed by atoms with Gasteiger partial charge in [-0.15, -0.1) is 11.3 Å². The number of nitrogens with one attached hydrogen (secondary N) is 2. The maximum atomic E-state index is 13.6. The minimum Gasteiger partial charge on any atom is -0.491 e. The number of amides is 2. The van der Waals surface area contributed by atoms with Crippen LogP contribution in [0, 0.1) is 12.3 Å². The molecule has 0 spiro atoms. The van der Waals surface area contributed by atoms with E-state index in [4.69, 9.17) is 28.7 Å². The fourth-order valence-electron chi connectivity index (χ4n) is 7.58. The summed E-state index contributed by atoms with van der Waals surface area (Å²) in [5.41, 5.74) is 8.66. The van der Waals surface area contributed by atoms with Crippen molar-refractivity contribution < 1.29 is 38.4 Å². The van der Waals surface area contributed by atoms with E-state index < -0.39 is 12.1 Å². The van der Waals surface area contributed by atoms with Gasteiger partial charge in [0.25, 0.3) is 0 Å². The Balaban J connectivity index is 0.801. The lowest BCUT2D eigenvalue weighted by Gasteiger charge is -2.36. The lowest BCUT2D eigenvalue weighted by molar-refractivity contribution is -0.128. The van der Waals surface area contributed by atoms with Crippen molar-refractivity contribution in [3.05, 3.63) is 95.6 Å². The molecule has 0 unspecified atom stereocenters. The molecule has 1 fully saturated rings. The summed E-state index contributed by atoms with van der Waals surface area (Å²) in [4.78, 5) is 41.0. The summed E-state index contributed by atoms with van der Waals surface area (Å²) in [6.07, 6.45) is -0.312. The third kappa shape index (κ3) is 14.8. The number of ether oxygens (including phenoxy) is 5. The van der Waals surface area contributed by atoms with Gasteiger partial charge in [0.05, 0.1) is 91.7 Å². The number of aryl methyl sites for hydroxylation is 1. The number of likely N-dealkylation sites (tertiary alicyclic amines) is 1. The molecule has 1 saturated heterocycles. The number of hydrogen-bond acceptors (Lipinski definition) is 13. The Kier molecular flexibility index (Phi) is 18.2. The second-order valence-electron chi connectivity index (χ2n) is 17.7. The Hall–Kier alpha value is -5.00. The van der Waals surface area contributed by atoms with E-state index in [9.17, 15) is 14.7 Å². The number of carbonyl (C=O) groups excluding carboxylic acids is 2. The van der Waals surface area contributed by atoms with Crippen molar-refractivity contribution >= 4 is 39.7 Å². The maximum absolute atomic E-state index is 13.6. The third-order valence-electron chi connectivity index (χ3n) is 11.4. The zero-order valence-electron chi connectivity index (χ0n) is 38.9. The molecule has 4 atom stereocenters. The molecule has 1 aliphatic rings. The number of aliphatic hydroxyl groups excluding tert-OH is 1. The average molecular weight is 911 g/mol. The summed E-state index contributed by atoms with van der Waals surface area (Å²) in [7, 11) is 4.05. The molecule has 1 aliphatic heterocycles. The molecule has 350 valence electrons. The maximum Gasteiger partial charge on any atom is 0.246 e. The summed E-state index contributed by atoms with van der Waals surface area (Å²) in [5.74, 6) is 0.365. The highest BCUT2D eigenvalue weighted by Gasteiger charge is 2.39. The first-order valence-electron chi connectivity index (χ1n) is 22.4. The van der Waals surface area contributed by atoms with Crippen LogP contribution in [0.25, 0.3) is 32.6 Å². The van der Waals surface area contributed by atoms with Gasteiger partial charge in [0.15, 0.2) is 0 Å². The molecule has 3 heterocycles. The number of benzene rings is 3. The minimum absolute atomic E-state index is 0.120. The second-order valence-corrected chi connectivity index (χ2v) is 18.5. The predicted molar refractivity (Wildman–Crippen MR) is 256 cm³/mol. The van der Waals surface area contributed by atoms with Gasteiger partial charge >= 0.3 is 0 Å². The number of aromatic nitrogens is 2. The lowest BCUT2D eigenvalue weighted by atomic mass is 9.86. The first-order valence-corrected chi connectivity index (χ1v) is 23.3. The molecular formula is C50H66N6O8S. The van der Waals surface area contributed by atoms with Crippen molar-refractivity contribution in [2.45, 2.75) is 65.3 Å². The van der Waals surface area contributed by atoms with Crippen LogP contribution in [0.3, 0.4) is 0 Å². The van der Waals surface area contributed by atoms with Gasteiger partial charge in [-0.3, -0.25) is 14.5 Å². The Labute approximate surface area is 387 Å². The highest BCUT2D eigenvalue weighted by atomic mass is 32.1. The largest absolute Gasteiger partial charge is 0.491 e. The van der Waals surface area contributed by atoms with Crippen LogP contribution in [0.15, 0.2) is 84.4 Å². The summed E-state index contributed by atoms with van der Waals surface area (Å²) in [6.45, 7) is 13.8. The standard InChI is InChI=1S/C50H66N6O8S/c1-34(36-8-10-38(11-9-36)48-35(2)51-33-65-48)52-49(59)45-29-41(57)30-56(45)31-46(50(3,4)5)54-47(58)32-63-25-24-61-21-20-60-22-23-62-26-27-64-42-17-19-44-39(28-42)14-18-43(53-44)37-12-15-40(16-13-37)55(6)7/h8-19,28,33-34,41,45-46,57H,20-27,29-32H2,1-7H3,(H,52,59)(H,54,58)/t34-,41+,45-,46+/m0/s1. The Bertz CT molecular complexity index is 2260. The van der Waals surface area contributed by atoms with E-state index in [0.717, 1.165) is 55.3 Å². The lowest BCUT2D eigenvalue weighted by Crippen LogP contribution is -2.54. The quantitative estimate of drug-likeness (QED) is 0.0565. The van der Waals surface area contributed by atoms with E-state index in [2.05, 4.69) is 63.0 Å². The average Bonchev–Trinajstić information content (AvgIpc) is 3.89. The zero-order valence-corrected chi connectivity index (χ0v) is 39.7. The van der Waals surface area contributed by atoms with Crippen LogP contribution in [0.5, 0.6) is 5.75 Å². The molecule has 0 bridgehead atoms. The molecule has 0 saturated carbocycles. The monoisotopic (exact) mass is 910 g/mol. The Morgan fingerprint density at radius 2 is 1.49 bits per heavy atom. The molecular weight excluding hydrogens is 845 g/mol. The van der Waals surface area contributed by atoms with Crippen LogP contribution in [-0.4, -0.2) is 137 Å². The van der Waals surface area contributed by atoms with Crippen molar-refractivity contribution in [3.63, 3.8) is 0 Å². The van der Waals surface area contributed by atoms with Crippen LogP contribution in [0.2, 0.25) is 0 Å². The van der Waals surface area contributed by atoms with Crippen LogP contribution in [-0.2, 0) is 28.5 Å². The van der Waals surface area contributed by atoms with Gasteiger partial charge in [-0.25, -0.2) is 9.97 Å². The molecule has 65 heavy (non-hydrogen) atoms. The number of anilines is 1. The van der Waals surface area contributed by atoms with Gasteiger partial charge in [0.1, 0.15) is 19.0 Å². The third-order valence-corrected chi connectivity index (χ3v) is 12.4. The smallest absolute Gasteiger partial charge is 0.246 e. The van der Waals surface area contributed by atoms with Crippen molar-refractivity contribution in [2.24, 2.45) is 5.41 Å². The molecule has 0 aliphatic carbocycles. The fraction of sp³-hybridized carbons (Fsp3) is 0.480. The fourth-order valence-corrected chi connectivity index (χ4v) is 8.39. The molecule has 14 nitrogen and oxygen atoms in total. The van der Waals surface area contributed by atoms with E-state index in [1.165, 1.54) is 0 Å². The number of nitrogens with zero attached hydrogens (tertiary/aromatic N) is 4. The molecule has 15 heteroatoms. The molecule has 2 aromatic heterocycles. The van der Waals surface area contributed by atoms with Gasteiger partial charge < -0.3 is 44.3 Å². The number of thiazole rings is 1. The normalized spacial score (nSPS) is 16.4. The molecule has 3 aromatic carbocycles. The van der Waals surface area contributed by atoms with Gasteiger partial charge in [0.2, 0.25) is 11.8 Å². The van der Waals surface area contributed by atoms with Crippen molar-refractivity contribution in [2.75, 3.05) is 91.5 Å². The van der Waals surface area contributed by atoms with E-state index >= 15 is 0 Å². The highest BCUT2D eigenvalue weighted by molar-refractivity contribution is 7.13. The number of β-amino-alcohol motifs (C(OH)–C–C–N with tert-alkyl or cyclic N) is 1. The number of hydrogen-bond donors (Lipinski definition) is 3. The van der Waals surface area contributed by atoms with Crippen LogP contribution in [0.1, 0.15) is 51.4 Å². The number of aliphatic hydroxyl groups is 1. The van der Waals surface area contributed by atoms with Gasteiger partial charge in [-0.05, 0) is 73.2 Å². The molecule has 2 amide bonds. The molecule has 0 radical (unpaired) electrons. The van der Waals surface area contributed by atoms with Gasteiger partial charge in [-0.2, -0.15) is 0 Å². The number of carbonyl (C=O) groups is 2. The topological polar surface area (TPSA) is 157 Å². The molecule has 3 N–H and O–H groups in total. The van der Waals surface area contributed by atoms with Crippen LogP contribution >= 0.6 is 11.3 Å². The first kappa shape index (κ1) is 49.4. The van der Waals surface area contributed by atoms with E-state index in [1.807, 2.05) is 95.5 Å². The summed E-state index contributed by atoms with van der Waals surface area (Å²) in [5, 5.41) is 17.9. The second kappa shape index (κ2) is 24.0. The Morgan fingerprint density at radius 1 is 0.846 bits per heavy atom. The highest BCUT2D eigenvalue weighted by Crippen LogP contribution is 2.30. The van der Waals surface area contributed by atoms with Crippen LogP contribution in [0.4, 0.5) is 5.69 Å². The van der Waals surface area contributed by atoms with E-state index in [0.29, 0.717) is 65.8 Å². The number of rotatable bonds is 24. The van der Waals surface area contributed by atoms with Gasteiger partial charge in [-0.1, -0.05) is 63.2 Å². The summed E-state index contributed by atoms with van der Waals surface area (Å²) < 4.78 is 28.4. The number of pyridine rings is 1. The predicted octanol–water partition coefficient (Wildman–Crippen LogP) is 6.69. The summed E-state index contributed by atoms with van der Waals surface area (Å²) >= 11 is 1.61. The SMILES string of the molecule is Cc1ncsc1-c1ccc([C@H](C)NC(=O)[C@@H]2C[C@@H](O)CN2C[C@@H](NC(=O)COCCOCCOCCOCCOc2ccc3nc(-c4ccc(N(C)C)cc4)ccc3c2)C(C)(C)C)cc1.